The molecule has 4 rings (SSSR count). The van der Waals surface area contributed by atoms with Gasteiger partial charge in [-0.15, -0.1) is 0 Å². The normalized spacial score (nSPS) is 24.1. The van der Waals surface area contributed by atoms with Gasteiger partial charge in [-0.3, -0.25) is 19.7 Å². The molecule has 0 aliphatic carbocycles. The molecular formula is C17H19N3O3. The maximum Gasteiger partial charge on any atom is 0.255 e. The molecule has 6 nitrogen and oxygen atoms in total. The van der Waals surface area contributed by atoms with Gasteiger partial charge in [0.1, 0.15) is 6.04 Å². The van der Waals surface area contributed by atoms with Gasteiger partial charge in [0, 0.05) is 25.1 Å². The van der Waals surface area contributed by atoms with Crippen LogP contribution in [0.5, 0.6) is 0 Å². The summed E-state index contributed by atoms with van der Waals surface area (Å²) >= 11 is 0. The topological polar surface area (TPSA) is 78.5 Å². The molecule has 0 spiro atoms. The second-order valence-electron chi connectivity index (χ2n) is 6.46. The van der Waals surface area contributed by atoms with Crippen LogP contribution in [0.15, 0.2) is 12.1 Å². The summed E-state index contributed by atoms with van der Waals surface area (Å²) in [4.78, 5) is 37.7. The zero-order valence-electron chi connectivity index (χ0n) is 12.9. The molecule has 3 heterocycles. The molecule has 0 unspecified atom stereocenters. The van der Waals surface area contributed by atoms with E-state index in [0.717, 1.165) is 37.1 Å². The van der Waals surface area contributed by atoms with E-state index < -0.39 is 6.04 Å². The number of piperidine rings is 1. The fraction of sp³-hybridized carbons (Fsp3) is 0.471. The van der Waals surface area contributed by atoms with Crippen LogP contribution in [0.2, 0.25) is 0 Å². The van der Waals surface area contributed by atoms with Gasteiger partial charge >= 0.3 is 0 Å². The number of imide groups is 1. The summed E-state index contributed by atoms with van der Waals surface area (Å²) in [5.74, 6) is -0.701. The molecule has 6 heteroatoms. The average Bonchev–Trinajstić information content (AvgIpc) is 2.71. The molecule has 120 valence electrons. The van der Waals surface area contributed by atoms with Gasteiger partial charge < -0.3 is 10.2 Å². The number of hydrogen-bond donors (Lipinski definition) is 2. The third-order valence-electron chi connectivity index (χ3n) is 4.96. The molecule has 0 bridgehead atoms. The first-order chi connectivity index (χ1) is 11.1. The fourth-order valence-corrected chi connectivity index (χ4v) is 3.74. The summed E-state index contributed by atoms with van der Waals surface area (Å²) in [7, 11) is 0. The summed E-state index contributed by atoms with van der Waals surface area (Å²) in [5, 5.41) is 5.73. The minimum atomic E-state index is -0.537. The molecule has 0 saturated carbocycles. The first kappa shape index (κ1) is 14.4. The zero-order chi connectivity index (χ0) is 16.0. The van der Waals surface area contributed by atoms with Crippen molar-refractivity contribution in [2.24, 2.45) is 0 Å². The highest BCUT2D eigenvalue weighted by Crippen LogP contribution is 2.30. The molecule has 0 aromatic heterocycles. The highest BCUT2D eigenvalue weighted by molar-refractivity contribution is 6.05. The fourth-order valence-electron chi connectivity index (χ4n) is 3.74. The smallest absolute Gasteiger partial charge is 0.255 e. The van der Waals surface area contributed by atoms with Crippen LogP contribution in [-0.4, -0.2) is 35.2 Å². The number of fused-ring (bicyclic) bond motifs is 2. The highest BCUT2D eigenvalue weighted by atomic mass is 16.2. The molecule has 23 heavy (non-hydrogen) atoms. The van der Waals surface area contributed by atoms with Crippen molar-refractivity contribution in [3.05, 3.63) is 34.4 Å². The Bertz CT molecular complexity index is 713. The van der Waals surface area contributed by atoms with Gasteiger partial charge in [-0.25, -0.2) is 0 Å². The number of amides is 3. The maximum absolute atomic E-state index is 12.7. The van der Waals surface area contributed by atoms with E-state index in [2.05, 4.69) is 16.7 Å². The second-order valence-corrected chi connectivity index (χ2v) is 6.46. The van der Waals surface area contributed by atoms with E-state index in [-0.39, 0.29) is 24.1 Å². The summed E-state index contributed by atoms with van der Waals surface area (Å²) in [6.45, 7) is 2.28. The molecule has 3 aliphatic heterocycles. The van der Waals surface area contributed by atoms with Crippen LogP contribution in [0.4, 0.5) is 0 Å². The average molecular weight is 313 g/mol. The number of rotatable bonds is 1. The van der Waals surface area contributed by atoms with Crippen molar-refractivity contribution in [2.45, 2.75) is 44.8 Å². The molecule has 2 N–H and O–H groups in total. The highest BCUT2D eigenvalue weighted by Gasteiger charge is 2.39. The quantitative estimate of drug-likeness (QED) is 0.739. The molecule has 1 aromatic carbocycles. The molecular weight excluding hydrogens is 294 g/mol. The number of aryl methyl sites for hydroxylation is 1. The zero-order valence-corrected chi connectivity index (χ0v) is 12.9. The van der Waals surface area contributed by atoms with Gasteiger partial charge in [0.05, 0.1) is 0 Å². The van der Waals surface area contributed by atoms with Gasteiger partial charge in [-0.2, -0.15) is 0 Å². The predicted molar refractivity (Wildman–Crippen MR) is 82.5 cm³/mol. The van der Waals surface area contributed by atoms with Gasteiger partial charge in [-0.1, -0.05) is 6.07 Å². The Kier molecular flexibility index (Phi) is 3.41. The Morgan fingerprint density at radius 1 is 1.04 bits per heavy atom. The first-order valence-electron chi connectivity index (χ1n) is 8.13. The summed E-state index contributed by atoms with van der Waals surface area (Å²) < 4.78 is 0. The number of hydrogen-bond acceptors (Lipinski definition) is 4. The van der Waals surface area contributed by atoms with Crippen molar-refractivity contribution in [1.82, 2.24) is 15.5 Å². The Morgan fingerprint density at radius 3 is 2.74 bits per heavy atom. The van der Waals surface area contributed by atoms with Crippen LogP contribution < -0.4 is 10.6 Å². The lowest BCUT2D eigenvalue weighted by Gasteiger charge is -2.29. The lowest BCUT2D eigenvalue weighted by atomic mass is 9.97. The van der Waals surface area contributed by atoms with E-state index in [4.69, 9.17) is 0 Å². The molecule has 3 amide bonds. The molecule has 0 radical (unpaired) electrons. The van der Waals surface area contributed by atoms with Crippen LogP contribution in [0, 0.1) is 0 Å². The first-order valence-corrected chi connectivity index (χ1v) is 8.13. The second kappa shape index (κ2) is 5.45. The van der Waals surface area contributed by atoms with Crippen molar-refractivity contribution in [3.63, 3.8) is 0 Å². The number of nitrogens with zero attached hydrogens (tertiary/aromatic N) is 1. The summed E-state index contributed by atoms with van der Waals surface area (Å²) in [6.07, 6.45) is 2.74. The van der Waals surface area contributed by atoms with Crippen molar-refractivity contribution in [2.75, 3.05) is 6.54 Å². The largest absolute Gasteiger partial charge is 0.322 e. The molecule has 1 saturated heterocycles. The summed E-state index contributed by atoms with van der Waals surface area (Å²) in [5.41, 5.74) is 4.18. The number of benzene rings is 1. The third-order valence-corrected chi connectivity index (χ3v) is 4.96. The standard InChI is InChI=1S/C17H19N3O3/c21-15-4-3-14(16(22)19-15)20-9-12-6-11-8-18-5-1-2-10(11)7-13(12)17(20)23/h6-7,14,18H,1-5,8-9H2,(H,19,21,22)/t14-/m1/s1. The van der Waals surface area contributed by atoms with E-state index in [0.29, 0.717) is 13.0 Å². The minimum Gasteiger partial charge on any atom is -0.322 e. The van der Waals surface area contributed by atoms with Gasteiger partial charge in [0.2, 0.25) is 11.8 Å². The SMILES string of the molecule is O=C1CC[C@@H](N2Cc3cc4c(cc3C2=O)CCCNC4)C(=O)N1. The van der Waals surface area contributed by atoms with Gasteiger partial charge in [0.15, 0.2) is 0 Å². The van der Waals surface area contributed by atoms with Crippen LogP contribution in [0.3, 0.4) is 0 Å². The third kappa shape index (κ3) is 2.43. The Hall–Kier alpha value is -2.21. The van der Waals surface area contributed by atoms with E-state index >= 15 is 0 Å². The minimum absolute atomic E-state index is 0.0884. The monoisotopic (exact) mass is 313 g/mol. The van der Waals surface area contributed by atoms with Gasteiger partial charge in [-0.05, 0) is 48.6 Å². The number of carbonyl (C=O) groups is 3. The Balaban J connectivity index is 1.63. The summed E-state index contributed by atoms with van der Waals surface area (Å²) in [6, 6.07) is 3.57. The Labute approximate surface area is 134 Å². The maximum atomic E-state index is 12.7. The van der Waals surface area contributed by atoms with Crippen molar-refractivity contribution in [3.8, 4) is 0 Å². The molecule has 1 fully saturated rings. The number of nitrogens with one attached hydrogen (secondary N) is 2. The molecule has 3 aliphatic rings. The predicted octanol–water partition coefficient (Wildman–Crippen LogP) is 0.483. The van der Waals surface area contributed by atoms with Gasteiger partial charge in [0.25, 0.3) is 5.91 Å². The lowest BCUT2D eigenvalue weighted by molar-refractivity contribution is -0.136. The van der Waals surface area contributed by atoms with E-state index in [1.807, 2.05) is 6.07 Å². The van der Waals surface area contributed by atoms with Crippen molar-refractivity contribution >= 4 is 17.7 Å². The molecule has 1 aromatic rings. The molecule has 1 atom stereocenters. The lowest BCUT2D eigenvalue weighted by Crippen LogP contribution is -2.52. The van der Waals surface area contributed by atoms with Crippen molar-refractivity contribution < 1.29 is 14.4 Å². The number of carbonyl (C=O) groups excluding carboxylic acids is 3. The van der Waals surface area contributed by atoms with E-state index in [9.17, 15) is 14.4 Å². The van der Waals surface area contributed by atoms with Crippen LogP contribution in [0.1, 0.15) is 46.3 Å². The Morgan fingerprint density at radius 2 is 1.91 bits per heavy atom. The van der Waals surface area contributed by atoms with Crippen LogP contribution in [0.25, 0.3) is 0 Å². The van der Waals surface area contributed by atoms with Crippen molar-refractivity contribution in [1.29, 1.82) is 0 Å². The van der Waals surface area contributed by atoms with E-state index in [1.165, 1.54) is 11.1 Å². The van der Waals surface area contributed by atoms with Crippen LogP contribution >= 0.6 is 0 Å². The van der Waals surface area contributed by atoms with E-state index in [1.54, 1.807) is 4.90 Å². The van der Waals surface area contributed by atoms with Crippen LogP contribution in [-0.2, 0) is 29.1 Å².